The molecule has 1 atom stereocenters. The highest BCUT2D eigenvalue weighted by Crippen LogP contribution is 2.33. The highest BCUT2D eigenvalue weighted by Gasteiger charge is 2.30. The van der Waals surface area contributed by atoms with E-state index in [1.54, 1.807) is 27.9 Å². The van der Waals surface area contributed by atoms with Crippen molar-refractivity contribution in [1.82, 2.24) is 29.9 Å². The van der Waals surface area contributed by atoms with Gasteiger partial charge in [0, 0.05) is 70.0 Å². The topological polar surface area (TPSA) is 134 Å². The van der Waals surface area contributed by atoms with E-state index >= 15 is 0 Å². The fourth-order valence-electron chi connectivity index (χ4n) is 4.72. The van der Waals surface area contributed by atoms with Gasteiger partial charge in [0.25, 0.3) is 6.47 Å². The van der Waals surface area contributed by atoms with E-state index in [4.69, 9.17) is 9.53 Å². The molecule has 238 valence electrons. The van der Waals surface area contributed by atoms with Gasteiger partial charge in [-0.1, -0.05) is 0 Å². The molecule has 3 aromatic rings. The summed E-state index contributed by atoms with van der Waals surface area (Å²) in [4.78, 5) is 44.5. The molecule has 0 aliphatic carbocycles. The van der Waals surface area contributed by atoms with Crippen LogP contribution in [0.25, 0.3) is 5.78 Å². The predicted octanol–water partition coefficient (Wildman–Crippen LogP) is 1.47. The molecule has 4 heterocycles. The number of carbonyl (C=O) groups is 3. The van der Waals surface area contributed by atoms with Crippen molar-refractivity contribution in [2.45, 2.75) is 19.4 Å². The second-order valence-electron chi connectivity index (χ2n) is 9.79. The second-order valence-corrected chi connectivity index (χ2v) is 9.79. The first-order chi connectivity index (χ1) is 21.2. The molecule has 2 N–H and O–H groups in total. The van der Waals surface area contributed by atoms with E-state index in [9.17, 15) is 18.4 Å². The van der Waals surface area contributed by atoms with Gasteiger partial charge in [0.1, 0.15) is 11.8 Å². The molecule has 2 fully saturated rings. The van der Waals surface area contributed by atoms with E-state index < -0.39 is 11.6 Å². The zero-order chi connectivity index (χ0) is 32.1. The lowest BCUT2D eigenvalue weighted by Crippen LogP contribution is -2.49. The standard InChI is InChI=1S/C20H27F2N5O3.C7H7N3.C2H4O2/c1-14-27(12-16(30-14)11-23-2)15-9-17(21)20(18(22)10-15)26-7-5-25(6-8-26)19(29)3-4-24-13-28;1-6-5-10-4-2-3-8-7(10)9-6;1-4-2-3/h9-10,13,16,23H,1,3-8,11-12H2,2H3,(H,24,28);2-5H,1H3;2H,1H3. The van der Waals surface area contributed by atoms with E-state index in [0.29, 0.717) is 63.7 Å². The Bertz CT molecular complexity index is 1360. The first kappa shape index (κ1) is 33.7. The Morgan fingerprint density at radius 1 is 1.20 bits per heavy atom. The molecule has 0 saturated carbocycles. The molecular formula is C29H38F2N8O5. The quantitative estimate of drug-likeness (QED) is 0.269. The van der Waals surface area contributed by atoms with E-state index in [1.165, 1.54) is 19.2 Å². The first-order valence-electron chi connectivity index (χ1n) is 13.9. The van der Waals surface area contributed by atoms with Crippen molar-refractivity contribution in [2.24, 2.45) is 0 Å². The zero-order valence-electron chi connectivity index (χ0n) is 25.0. The lowest BCUT2D eigenvalue weighted by molar-refractivity contribution is -0.131. The molecule has 0 bridgehead atoms. The van der Waals surface area contributed by atoms with Crippen LogP contribution in [0.5, 0.6) is 0 Å². The maximum Gasteiger partial charge on any atom is 0.292 e. The maximum atomic E-state index is 14.9. The summed E-state index contributed by atoms with van der Waals surface area (Å²) >= 11 is 0. The third kappa shape index (κ3) is 9.10. The van der Waals surface area contributed by atoms with Crippen LogP contribution in [0.4, 0.5) is 20.2 Å². The van der Waals surface area contributed by atoms with Crippen LogP contribution < -0.4 is 20.4 Å². The molecule has 44 heavy (non-hydrogen) atoms. The number of imidazole rings is 1. The van der Waals surface area contributed by atoms with Crippen LogP contribution in [-0.2, 0) is 23.9 Å². The number of piperazine rings is 1. The van der Waals surface area contributed by atoms with Gasteiger partial charge < -0.3 is 34.8 Å². The number of ether oxygens (including phenoxy) is 2. The van der Waals surface area contributed by atoms with Crippen molar-refractivity contribution in [1.29, 1.82) is 0 Å². The Balaban J connectivity index is 0.000000309. The van der Waals surface area contributed by atoms with Gasteiger partial charge in [0.15, 0.2) is 17.5 Å². The molecule has 2 aliphatic rings. The second kappa shape index (κ2) is 16.7. The molecule has 1 aromatic carbocycles. The van der Waals surface area contributed by atoms with Gasteiger partial charge >= 0.3 is 0 Å². The third-order valence-corrected chi connectivity index (χ3v) is 6.70. The number of fused-ring (bicyclic) bond motifs is 1. The highest BCUT2D eigenvalue weighted by molar-refractivity contribution is 5.77. The fourth-order valence-corrected chi connectivity index (χ4v) is 4.72. The number of amides is 2. The number of anilines is 2. The molecule has 5 rings (SSSR count). The number of likely N-dealkylation sites (N-methyl/N-ethyl adjacent to an activating group) is 1. The number of benzene rings is 1. The summed E-state index contributed by atoms with van der Waals surface area (Å²) < 4.78 is 41.1. The summed E-state index contributed by atoms with van der Waals surface area (Å²) in [5, 5.41) is 5.46. The fraction of sp³-hybridized carbons (Fsp3) is 0.414. The van der Waals surface area contributed by atoms with Gasteiger partial charge in [-0.2, -0.15) is 0 Å². The van der Waals surface area contributed by atoms with Crippen LogP contribution in [0, 0.1) is 18.6 Å². The van der Waals surface area contributed by atoms with Gasteiger partial charge in [-0.15, -0.1) is 0 Å². The van der Waals surface area contributed by atoms with Crippen molar-refractivity contribution in [3.8, 4) is 0 Å². The van der Waals surface area contributed by atoms with Crippen molar-refractivity contribution in [2.75, 3.05) is 69.8 Å². The minimum atomic E-state index is -0.662. The van der Waals surface area contributed by atoms with Gasteiger partial charge in [-0.25, -0.2) is 18.7 Å². The molecule has 1 unspecified atom stereocenters. The largest absolute Gasteiger partial charge is 0.473 e. The van der Waals surface area contributed by atoms with Crippen LogP contribution in [0.3, 0.4) is 0 Å². The SMILES string of the molecule is C=C1OC(CNC)CN1c1cc(F)c(N2CCN(C(=O)CCNC=O)CC2)c(F)c1.COC=O.Cc1cn2cccnc2n1. The van der Waals surface area contributed by atoms with Crippen LogP contribution in [0.1, 0.15) is 12.1 Å². The molecule has 13 nitrogen and oxygen atoms in total. The number of nitrogens with zero attached hydrogens (tertiary/aromatic N) is 6. The number of rotatable bonds is 9. The summed E-state index contributed by atoms with van der Waals surface area (Å²) in [5.41, 5.74) is 1.26. The number of halogens is 2. The van der Waals surface area contributed by atoms with E-state index in [1.807, 2.05) is 29.8 Å². The average molecular weight is 617 g/mol. The van der Waals surface area contributed by atoms with Gasteiger partial charge in [-0.05, 0) is 38.7 Å². The third-order valence-electron chi connectivity index (χ3n) is 6.70. The summed E-state index contributed by atoms with van der Waals surface area (Å²) in [5.74, 6) is -0.295. The Morgan fingerprint density at radius 2 is 1.89 bits per heavy atom. The molecule has 15 heteroatoms. The predicted molar refractivity (Wildman–Crippen MR) is 160 cm³/mol. The summed E-state index contributed by atoms with van der Waals surface area (Å²) in [6.07, 6.45) is 6.23. The maximum absolute atomic E-state index is 14.9. The van der Waals surface area contributed by atoms with E-state index in [-0.39, 0.29) is 30.7 Å². The van der Waals surface area contributed by atoms with Crippen molar-refractivity contribution >= 4 is 35.9 Å². The Morgan fingerprint density at radius 3 is 2.48 bits per heavy atom. The van der Waals surface area contributed by atoms with E-state index in [2.05, 4.69) is 31.9 Å². The number of hydrogen-bond acceptors (Lipinski definition) is 10. The zero-order valence-corrected chi connectivity index (χ0v) is 25.0. The van der Waals surface area contributed by atoms with Gasteiger partial charge in [-0.3, -0.25) is 18.8 Å². The number of carbonyl (C=O) groups excluding carboxylic acids is 3. The summed E-state index contributed by atoms with van der Waals surface area (Å²) in [7, 11) is 3.12. The lowest BCUT2D eigenvalue weighted by Gasteiger charge is -2.36. The number of aryl methyl sites for hydroxylation is 1. The Labute approximate surface area is 254 Å². The minimum Gasteiger partial charge on any atom is -0.473 e. The number of aromatic nitrogens is 3. The lowest BCUT2D eigenvalue weighted by atomic mass is 10.2. The summed E-state index contributed by atoms with van der Waals surface area (Å²) in [6.45, 7) is 8.86. The molecular weight excluding hydrogens is 578 g/mol. The Hall–Kier alpha value is -4.79. The number of methoxy groups -OCH3 is 1. The van der Waals surface area contributed by atoms with Crippen LogP contribution in [0.15, 0.2) is 49.3 Å². The minimum absolute atomic E-state index is 0.0917. The molecule has 0 radical (unpaired) electrons. The smallest absolute Gasteiger partial charge is 0.292 e. The molecule has 2 aromatic heterocycles. The van der Waals surface area contributed by atoms with Crippen molar-refractivity contribution in [3.05, 3.63) is 66.6 Å². The number of nitrogens with one attached hydrogen (secondary N) is 2. The monoisotopic (exact) mass is 616 g/mol. The Kier molecular flexibility index (Phi) is 12.8. The van der Waals surface area contributed by atoms with Crippen molar-refractivity contribution in [3.63, 3.8) is 0 Å². The summed E-state index contributed by atoms with van der Waals surface area (Å²) in [6, 6.07) is 4.46. The van der Waals surface area contributed by atoms with Crippen molar-refractivity contribution < 1.29 is 32.6 Å². The van der Waals surface area contributed by atoms with Crippen LogP contribution >= 0.6 is 0 Å². The van der Waals surface area contributed by atoms with Gasteiger partial charge in [0.05, 0.1) is 19.3 Å². The van der Waals surface area contributed by atoms with Crippen LogP contribution in [-0.4, -0.2) is 104 Å². The normalized spacial score (nSPS) is 15.9. The molecule has 2 aliphatic heterocycles. The first-order valence-corrected chi connectivity index (χ1v) is 13.9. The molecule has 0 spiro atoms. The van der Waals surface area contributed by atoms with Crippen LogP contribution in [0.2, 0.25) is 0 Å². The molecule has 2 amide bonds. The number of hydrogen-bond donors (Lipinski definition) is 2. The van der Waals surface area contributed by atoms with E-state index in [0.717, 1.165) is 11.5 Å². The average Bonchev–Trinajstić information content (AvgIpc) is 3.58. The highest BCUT2D eigenvalue weighted by atomic mass is 19.1. The molecule has 2 saturated heterocycles. The van der Waals surface area contributed by atoms with Gasteiger partial charge in [0.2, 0.25) is 18.1 Å².